The van der Waals surface area contributed by atoms with Gasteiger partial charge in [0.1, 0.15) is 0 Å². The van der Waals surface area contributed by atoms with Crippen LogP contribution >= 0.6 is 0 Å². The van der Waals surface area contributed by atoms with Gasteiger partial charge >= 0.3 is 0 Å². The van der Waals surface area contributed by atoms with Gasteiger partial charge in [-0.3, -0.25) is 9.79 Å². The van der Waals surface area contributed by atoms with Gasteiger partial charge in [-0.05, 0) is 36.6 Å². The third kappa shape index (κ3) is 4.35. The van der Waals surface area contributed by atoms with Gasteiger partial charge in [0.25, 0.3) is 0 Å². The molecule has 0 N–H and O–H groups in total. The number of hydrogen-bond donors (Lipinski definition) is 0. The number of carbonyl (C=O) groups is 1. The standard InChI is InChI=1S/C26H24N2O/c1-20-23(16-10-15-21-11-4-2-5-12-21)26(29)28(19-22-13-6-3-7-14-22)25-18-9-8-17-24(25)27-20/h2-15,17-18,23H,16,19H2,1H3/b15-10+. The molecular weight excluding hydrogens is 356 g/mol. The quantitative estimate of drug-likeness (QED) is 0.531. The van der Waals surface area contributed by atoms with Gasteiger partial charge < -0.3 is 4.90 Å². The van der Waals surface area contributed by atoms with E-state index in [0.717, 1.165) is 28.2 Å². The van der Waals surface area contributed by atoms with Crippen molar-refractivity contribution in [1.82, 2.24) is 0 Å². The molecule has 0 bridgehead atoms. The first-order valence-electron chi connectivity index (χ1n) is 9.93. The summed E-state index contributed by atoms with van der Waals surface area (Å²) in [4.78, 5) is 20.3. The van der Waals surface area contributed by atoms with Crippen molar-refractivity contribution in [2.45, 2.75) is 19.9 Å². The minimum absolute atomic E-state index is 0.0952. The van der Waals surface area contributed by atoms with Crippen molar-refractivity contribution < 1.29 is 4.79 Å². The van der Waals surface area contributed by atoms with Gasteiger partial charge in [-0.15, -0.1) is 0 Å². The number of carbonyl (C=O) groups excluding carboxylic acids is 1. The smallest absolute Gasteiger partial charge is 0.236 e. The van der Waals surface area contributed by atoms with Crippen LogP contribution in [0, 0.1) is 5.92 Å². The van der Waals surface area contributed by atoms with E-state index in [1.807, 2.05) is 72.5 Å². The summed E-state index contributed by atoms with van der Waals surface area (Å²) < 4.78 is 0. The zero-order valence-electron chi connectivity index (χ0n) is 16.5. The van der Waals surface area contributed by atoms with Crippen molar-refractivity contribution in [3.05, 3.63) is 102 Å². The van der Waals surface area contributed by atoms with Crippen molar-refractivity contribution in [3.8, 4) is 0 Å². The molecule has 0 saturated carbocycles. The Balaban J connectivity index is 1.64. The molecule has 144 valence electrons. The van der Waals surface area contributed by atoms with Gasteiger partial charge in [0, 0.05) is 5.71 Å². The van der Waals surface area contributed by atoms with Gasteiger partial charge in [-0.1, -0.05) is 84.9 Å². The summed E-state index contributed by atoms with van der Waals surface area (Å²) >= 11 is 0. The highest BCUT2D eigenvalue weighted by atomic mass is 16.2. The van der Waals surface area contributed by atoms with Crippen LogP contribution in [-0.4, -0.2) is 11.6 Å². The summed E-state index contributed by atoms with van der Waals surface area (Å²) in [7, 11) is 0. The predicted octanol–water partition coefficient (Wildman–Crippen LogP) is 6.05. The van der Waals surface area contributed by atoms with E-state index in [0.29, 0.717) is 13.0 Å². The second-order valence-electron chi connectivity index (χ2n) is 7.25. The topological polar surface area (TPSA) is 32.7 Å². The monoisotopic (exact) mass is 380 g/mol. The summed E-state index contributed by atoms with van der Waals surface area (Å²) in [5, 5.41) is 0. The van der Waals surface area contributed by atoms with Crippen LogP contribution in [0.15, 0.2) is 96.0 Å². The Bertz CT molecular complexity index is 1040. The van der Waals surface area contributed by atoms with E-state index in [1.165, 1.54) is 0 Å². The van der Waals surface area contributed by atoms with E-state index < -0.39 is 0 Å². The number of nitrogens with zero attached hydrogens (tertiary/aromatic N) is 2. The molecule has 3 aromatic carbocycles. The molecule has 0 aromatic heterocycles. The fraction of sp³-hybridized carbons (Fsp3) is 0.154. The molecule has 1 heterocycles. The minimum atomic E-state index is -0.272. The zero-order valence-corrected chi connectivity index (χ0v) is 16.5. The SMILES string of the molecule is CC1=Nc2ccccc2N(Cc2ccccc2)C(=O)C1C/C=C/c1ccccc1. The molecule has 1 atom stereocenters. The van der Waals surface area contributed by atoms with E-state index in [9.17, 15) is 4.79 Å². The van der Waals surface area contributed by atoms with Gasteiger partial charge in [-0.2, -0.15) is 0 Å². The summed E-state index contributed by atoms with van der Waals surface area (Å²) in [5.74, 6) is -0.177. The van der Waals surface area contributed by atoms with Gasteiger partial charge in [0.05, 0.1) is 23.8 Å². The second-order valence-corrected chi connectivity index (χ2v) is 7.25. The molecule has 1 unspecified atom stereocenters. The van der Waals surface area contributed by atoms with Crippen molar-refractivity contribution in [2.75, 3.05) is 4.90 Å². The van der Waals surface area contributed by atoms with Crippen LogP contribution in [-0.2, 0) is 11.3 Å². The number of para-hydroxylation sites is 2. The van der Waals surface area contributed by atoms with E-state index in [-0.39, 0.29) is 11.8 Å². The number of hydrogen-bond acceptors (Lipinski definition) is 2. The van der Waals surface area contributed by atoms with E-state index in [1.54, 1.807) is 0 Å². The number of aliphatic imine (C=N–C) groups is 1. The molecule has 3 heteroatoms. The average Bonchev–Trinajstić information content (AvgIpc) is 2.85. The lowest BCUT2D eigenvalue weighted by Crippen LogP contribution is -2.37. The largest absolute Gasteiger partial charge is 0.305 e. The van der Waals surface area contributed by atoms with E-state index >= 15 is 0 Å². The fourth-order valence-electron chi connectivity index (χ4n) is 3.65. The molecule has 3 aromatic rings. The number of benzene rings is 3. The van der Waals surface area contributed by atoms with Crippen LogP contribution in [0.5, 0.6) is 0 Å². The number of amides is 1. The Morgan fingerprint density at radius 3 is 2.31 bits per heavy atom. The van der Waals surface area contributed by atoms with Gasteiger partial charge in [0.15, 0.2) is 0 Å². The molecule has 3 nitrogen and oxygen atoms in total. The first kappa shape index (κ1) is 18.9. The molecule has 1 aliphatic heterocycles. The average molecular weight is 380 g/mol. The Morgan fingerprint density at radius 2 is 1.55 bits per heavy atom. The molecule has 0 fully saturated rings. The Morgan fingerprint density at radius 1 is 0.897 bits per heavy atom. The molecule has 0 spiro atoms. The third-order valence-corrected chi connectivity index (χ3v) is 5.20. The lowest BCUT2D eigenvalue weighted by Gasteiger charge is -2.25. The number of anilines is 1. The van der Waals surface area contributed by atoms with Gasteiger partial charge in [0.2, 0.25) is 5.91 Å². The van der Waals surface area contributed by atoms with Gasteiger partial charge in [-0.25, -0.2) is 0 Å². The molecular formula is C26H24N2O. The van der Waals surface area contributed by atoms with E-state index in [2.05, 4.69) is 36.4 Å². The first-order valence-corrected chi connectivity index (χ1v) is 9.93. The number of rotatable bonds is 5. The second kappa shape index (κ2) is 8.70. The van der Waals surface area contributed by atoms with Crippen LogP contribution < -0.4 is 4.90 Å². The maximum absolute atomic E-state index is 13.6. The van der Waals surface area contributed by atoms with Crippen molar-refractivity contribution in [3.63, 3.8) is 0 Å². The lowest BCUT2D eigenvalue weighted by molar-refractivity contribution is -0.120. The molecule has 29 heavy (non-hydrogen) atoms. The molecule has 0 aliphatic carbocycles. The van der Waals surface area contributed by atoms with Crippen LogP contribution in [0.25, 0.3) is 6.08 Å². The predicted molar refractivity (Wildman–Crippen MR) is 120 cm³/mol. The van der Waals surface area contributed by atoms with Crippen LogP contribution in [0.1, 0.15) is 24.5 Å². The highest BCUT2D eigenvalue weighted by molar-refractivity contribution is 6.13. The van der Waals surface area contributed by atoms with Crippen molar-refractivity contribution in [2.24, 2.45) is 10.9 Å². The summed E-state index contributed by atoms with van der Waals surface area (Å²) in [6, 6.07) is 28.2. The first-order chi connectivity index (χ1) is 14.2. The van der Waals surface area contributed by atoms with Crippen LogP contribution in [0.2, 0.25) is 0 Å². The fourth-order valence-corrected chi connectivity index (χ4v) is 3.65. The minimum Gasteiger partial charge on any atom is -0.305 e. The Labute approximate surface area is 172 Å². The molecule has 1 amide bonds. The molecule has 0 radical (unpaired) electrons. The van der Waals surface area contributed by atoms with E-state index in [4.69, 9.17) is 4.99 Å². The van der Waals surface area contributed by atoms with Crippen LogP contribution in [0.3, 0.4) is 0 Å². The molecule has 1 aliphatic rings. The summed E-state index contributed by atoms with van der Waals surface area (Å²) in [6.07, 6.45) is 4.77. The third-order valence-electron chi connectivity index (χ3n) is 5.20. The normalized spacial score (nSPS) is 16.4. The Kier molecular flexibility index (Phi) is 5.66. The summed E-state index contributed by atoms with van der Waals surface area (Å²) in [5.41, 5.74) is 4.82. The van der Waals surface area contributed by atoms with Crippen molar-refractivity contribution in [1.29, 1.82) is 0 Å². The lowest BCUT2D eigenvalue weighted by atomic mass is 9.97. The highest BCUT2D eigenvalue weighted by Crippen LogP contribution is 2.35. The maximum atomic E-state index is 13.6. The number of allylic oxidation sites excluding steroid dienone is 1. The molecule has 0 saturated heterocycles. The Hall–Kier alpha value is -3.46. The molecule has 4 rings (SSSR count). The summed E-state index contributed by atoms with van der Waals surface area (Å²) in [6.45, 7) is 2.50. The number of fused-ring (bicyclic) bond motifs is 1. The highest BCUT2D eigenvalue weighted by Gasteiger charge is 2.31. The van der Waals surface area contributed by atoms with Crippen LogP contribution in [0.4, 0.5) is 11.4 Å². The zero-order chi connectivity index (χ0) is 20.1. The maximum Gasteiger partial charge on any atom is 0.236 e. The van der Waals surface area contributed by atoms with Crippen molar-refractivity contribution >= 4 is 29.1 Å².